The molecule has 21 heavy (non-hydrogen) atoms. The molecule has 1 fully saturated rings. The highest BCUT2D eigenvalue weighted by Crippen LogP contribution is 2.25. The number of carboxylic acids is 1. The van der Waals surface area contributed by atoms with Crippen molar-refractivity contribution in [2.24, 2.45) is 11.8 Å². The van der Waals surface area contributed by atoms with Crippen LogP contribution in [-0.4, -0.2) is 44.4 Å². The highest BCUT2D eigenvalue weighted by molar-refractivity contribution is 7.15. The van der Waals surface area contributed by atoms with Gasteiger partial charge < -0.3 is 10.0 Å². The van der Waals surface area contributed by atoms with Crippen molar-refractivity contribution < 1.29 is 14.7 Å². The summed E-state index contributed by atoms with van der Waals surface area (Å²) >= 11 is 1.32. The van der Waals surface area contributed by atoms with Crippen LogP contribution in [-0.2, 0) is 4.79 Å². The fourth-order valence-electron chi connectivity index (χ4n) is 2.34. The van der Waals surface area contributed by atoms with Crippen LogP contribution in [0.4, 0.5) is 0 Å². The quantitative estimate of drug-likeness (QED) is 0.894. The zero-order valence-electron chi connectivity index (χ0n) is 11.2. The van der Waals surface area contributed by atoms with Crippen LogP contribution in [0.25, 0.3) is 4.96 Å². The predicted octanol–water partition coefficient (Wildman–Crippen LogP) is 0.549. The van der Waals surface area contributed by atoms with E-state index in [0.717, 1.165) is 0 Å². The van der Waals surface area contributed by atoms with E-state index < -0.39 is 11.9 Å². The van der Waals surface area contributed by atoms with Gasteiger partial charge in [0.2, 0.25) is 0 Å². The molecule has 1 aliphatic rings. The lowest BCUT2D eigenvalue weighted by atomic mass is 9.87. The fourth-order valence-corrected chi connectivity index (χ4v) is 3.01. The standard InChI is InChI=1S/C13H13N3O4S/c1-7(12(19)20)8-5-15(6-8)10(17)9-4-14-13-16(11(9)18)2-3-21-13/h2-4,7-8H,5-6H2,1H3,(H,19,20). The third-order valence-electron chi connectivity index (χ3n) is 3.87. The molecule has 3 heterocycles. The SMILES string of the molecule is CC(C(=O)O)C1CN(C(=O)c2cnc3sccn3c2=O)C1. The molecule has 1 unspecified atom stereocenters. The van der Waals surface area contributed by atoms with Crippen molar-refractivity contribution in [3.8, 4) is 0 Å². The first-order valence-electron chi connectivity index (χ1n) is 6.46. The Morgan fingerprint density at radius 1 is 1.48 bits per heavy atom. The Labute approximate surface area is 123 Å². The van der Waals surface area contributed by atoms with Gasteiger partial charge in [0.25, 0.3) is 11.5 Å². The molecule has 8 heteroatoms. The maximum Gasteiger partial charge on any atom is 0.306 e. The average Bonchev–Trinajstić information content (AvgIpc) is 2.86. The fraction of sp³-hybridized carbons (Fsp3) is 0.385. The van der Waals surface area contributed by atoms with E-state index in [1.54, 1.807) is 18.5 Å². The highest BCUT2D eigenvalue weighted by Gasteiger charge is 2.38. The Balaban J connectivity index is 1.79. The van der Waals surface area contributed by atoms with Gasteiger partial charge in [0.05, 0.1) is 5.92 Å². The lowest BCUT2D eigenvalue weighted by Crippen LogP contribution is -2.54. The van der Waals surface area contributed by atoms with Gasteiger partial charge in [0, 0.05) is 36.8 Å². The van der Waals surface area contributed by atoms with Crippen molar-refractivity contribution in [1.82, 2.24) is 14.3 Å². The molecule has 1 saturated heterocycles. The van der Waals surface area contributed by atoms with Crippen molar-refractivity contribution in [2.45, 2.75) is 6.92 Å². The summed E-state index contributed by atoms with van der Waals surface area (Å²) in [5.74, 6) is -1.81. The normalized spacial score (nSPS) is 16.7. The molecular weight excluding hydrogens is 294 g/mol. The number of carboxylic acid groups (broad SMARTS) is 1. The lowest BCUT2D eigenvalue weighted by molar-refractivity contribution is -0.144. The summed E-state index contributed by atoms with van der Waals surface area (Å²) in [6.07, 6.45) is 2.88. The smallest absolute Gasteiger partial charge is 0.306 e. The summed E-state index contributed by atoms with van der Waals surface area (Å²) < 4.78 is 1.34. The van der Waals surface area contributed by atoms with Gasteiger partial charge in [0.15, 0.2) is 4.96 Å². The zero-order chi connectivity index (χ0) is 15.1. The molecular formula is C13H13N3O4S. The summed E-state index contributed by atoms with van der Waals surface area (Å²) in [6, 6.07) is 0. The minimum atomic E-state index is -0.867. The summed E-state index contributed by atoms with van der Waals surface area (Å²) in [5.41, 5.74) is -0.367. The summed E-state index contributed by atoms with van der Waals surface area (Å²) in [7, 11) is 0. The van der Waals surface area contributed by atoms with Gasteiger partial charge in [-0.15, -0.1) is 11.3 Å². The Morgan fingerprint density at radius 2 is 2.19 bits per heavy atom. The van der Waals surface area contributed by atoms with Crippen molar-refractivity contribution in [3.05, 3.63) is 33.7 Å². The second-order valence-corrected chi connectivity index (χ2v) is 6.00. The van der Waals surface area contributed by atoms with E-state index in [2.05, 4.69) is 4.98 Å². The first-order valence-corrected chi connectivity index (χ1v) is 7.34. The average molecular weight is 307 g/mol. The van der Waals surface area contributed by atoms with Gasteiger partial charge >= 0.3 is 5.97 Å². The molecule has 1 amide bonds. The number of thiazole rings is 1. The van der Waals surface area contributed by atoms with Gasteiger partial charge in [-0.1, -0.05) is 6.92 Å². The maximum atomic E-state index is 12.3. The number of hydrogen-bond acceptors (Lipinski definition) is 5. The van der Waals surface area contributed by atoms with Crippen molar-refractivity contribution in [3.63, 3.8) is 0 Å². The lowest BCUT2D eigenvalue weighted by Gasteiger charge is -2.41. The number of amides is 1. The van der Waals surface area contributed by atoms with E-state index in [-0.39, 0.29) is 22.9 Å². The number of nitrogens with zero attached hydrogens (tertiary/aromatic N) is 3. The summed E-state index contributed by atoms with van der Waals surface area (Å²) in [5, 5.41) is 10.7. The first-order chi connectivity index (χ1) is 9.99. The van der Waals surface area contributed by atoms with Crippen molar-refractivity contribution in [2.75, 3.05) is 13.1 Å². The number of hydrogen-bond donors (Lipinski definition) is 1. The van der Waals surface area contributed by atoms with Crippen LogP contribution in [0.5, 0.6) is 0 Å². The van der Waals surface area contributed by atoms with Gasteiger partial charge in [-0.05, 0) is 0 Å². The maximum absolute atomic E-state index is 12.3. The molecule has 2 aromatic rings. The van der Waals surface area contributed by atoms with Gasteiger partial charge in [0.1, 0.15) is 5.56 Å². The zero-order valence-corrected chi connectivity index (χ0v) is 12.0. The number of aromatic nitrogens is 2. The highest BCUT2D eigenvalue weighted by atomic mass is 32.1. The first kappa shape index (κ1) is 13.7. The van der Waals surface area contributed by atoms with E-state index in [4.69, 9.17) is 5.11 Å². The Kier molecular flexibility index (Phi) is 3.25. The topological polar surface area (TPSA) is 92.0 Å². The predicted molar refractivity (Wildman–Crippen MR) is 75.5 cm³/mol. The second kappa shape index (κ2) is 4.96. The molecule has 1 N–H and O–H groups in total. The van der Waals surface area contributed by atoms with Crippen LogP contribution in [0.2, 0.25) is 0 Å². The van der Waals surface area contributed by atoms with Crippen LogP contribution in [0.3, 0.4) is 0 Å². The third kappa shape index (κ3) is 2.21. The van der Waals surface area contributed by atoms with Crippen LogP contribution >= 0.6 is 11.3 Å². The minimum Gasteiger partial charge on any atom is -0.481 e. The molecule has 3 rings (SSSR count). The third-order valence-corrected chi connectivity index (χ3v) is 4.64. The van der Waals surface area contributed by atoms with Crippen LogP contribution in [0.1, 0.15) is 17.3 Å². The molecule has 7 nitrogen and oxygen atoms in total. The number of likely N-dealkylation sites (tertiary alicyclic amines) is 1. The van der Waals surface area contributed by atoms with Gasteiger partial charge in [-0.25, -0.2) is 4.98 Å². The molecule has 1 atom stereocenters. The number of rotatable bonds is 3. The summed E-state index contributed by atoms with van der Waals surface area (Å²) in [4.78, 5) is 41.5. The number of carbonyl (C=O) groups excluding carboxylic acids is 1. The van der Waals surface area contributed by atoms with Crippen LogP contribution in [0.15, 0.2) is 22.6 Å². The molecule has 0 aliphatic carbocycles. The summed E-state index contributed by atoms with van der Waals surface area (Å²) in [6.45, 7) is 2.35. The van der Waals surface area contributed by atoms with E-state index in [9.17, 15) is 14.4 Å². The molecule has 2 aromatic heterocycles. The van der Waals surface area contributed by atoms with Crippen molar-refractivity contribution in [1.29, 1.82) is 0 Å². The minimum absolute atomic E-state index is 0.0207. The molecule has 1 aliphatic heterocycles. The van der Waals surface area contributed by atoms with E-state index in [0.29, 0.717) is 18.1 Å². The molecule has 0 bridgehead atoms. The number of fused-ring (bicyclic) bond motifs is 1. The monoisotopic (exact) mass is 307 g/mol. The van der Waals surface area contributed by atoms with E-state index in [1.165, 1.54) is 26.8 Å². The Hall–Kier alpha value is -2.22. The Bertz CT molecular complexity index is 775. The largest absolute Gasteiger partial charge is 0.481 e. The molecule has 0 radical (unpaired) electrons. The van der Waals surface area contributed by atoms with Crippen LogP contribution in [0, 0.1) is 11.8 Å². The van der Waals surface area contributed by atoms with E-state index in [1.807, 2.05) is 0 Å². The van der Waals surface area contributed by atoms with Crippen molar-refractivity contribution >= 4 is 28.2 Å². The van der Waals surface area contributed by atoms with Gasteiger partial charge in [-0.2, -0.15) is 0 Å². The van der Waals surface area contributed by atoms with Gasteiger partial charge in [-0.3, -0.25) is 18.8 Å². The molecule has 0 spiro atoms. The Morgan fingerprint density at radius 3 is 2.86 bits per heavy atom. The van der Waals surface area contributed by atoms with E-state index >= 15 is 0 Å². The molecule has 0 saturated carbocycles. The number of aliphatic carboxylic acids is 1. The molecule has 0 aromatic carbocycles. The van der Waals surface area contributed by atoms with Crippen LogP contribution < -0.4 is 5.56 Å². The molecule has 110 valence electrons. The second-order valence-electron chi connectivity index (χ2n) is 5.13. The number of carbonyl (C=O) groups is 2.